The molecule has 1 aromatic rings. The van der Waals surface area contributed by atoms with Crippen LogP contribution in [0.3, 0.4) is 0 Å². The lowest BCUT2D eigenvalue weighted by Gasteiger charge is -2.09. The Morgan fingerprint density at radius 3 is 1.91 bits per heavy atom. The highest BCUT2D eigenvalue weighted by Crippen LogP contribution is 2.17. The number of hydrogen-bond acceptors (Lipinski definition) is 6. The first-order valence-electron chi connectivity index (χ1n) is 6.70. The van der Waals surface area contributed by atoms with Gasteiger partial charge in [0.1, 0.15) is 0 Å². The van der Waals surface area contributed by atoms with Crippen molar-refractivity contribution >= 4 is 29.5 Å². The van der Waals surface area contributed by atoms with Gasteiger partial charge in [-0.3, -0.25) is 9.59 Å². The standard InChI is InChI=1S/C15H17NO7/c1-22-14(20)9-6-10(15(21)23-2)8-11(7-9)16-12(17)4-3-5-13(18)19/h6-8H,3-5H2,1-2H3,(H,16,17)(H,18,19). The summed E-state index contributed by atoms with van der Waals surface area (Å²) in [6.45, 7) is 0. The monoisotopic (exact) mass is 323 g/mol. The van der Waals surface area contributed by atoms with Crippen LogP contribution >= 0.6 is 0 Å². The molecule has 124 valence electrons. The van der Waals surface area contributed by atoms with Crippen LogP contribution in [0.4, 0.5) is 5.69 Å². The van der Waals surface area contributed by atoms with E-state index in [1.54, 1.807) is 0 Å². The molecule has 0 saturated carbocycles. The highest BCUT2D eigenvalue weighted by atomic mass is 16.5. The first kappa shape index (κ1) is 18.1. The Morgan fingerprint density at radius 1 is 0.957 bits per heavy atom. The van der Waals surface area contributed by atoms with Crippen molar-refractivity contribution in [2.24, 2.45) is 0 Å². The second kappa shape index (κ2) is 8.52. The van der Waals surface area contributed by atoms with Crippen molar-refractivity contribution < 1.29 is 33.8 Å². The van der Waals surface area contributed by atoms with E-state index in [0.29, 0.717) is 0 Å². The Balaban J connectivity index is 2.91. The molecule has 0 aromatic heterocycles. The molecule has 0 radical (unpaired) electrons. The van der Waals surface area contributed by atoms with E-state index in [2.05, 4.69) is 14.8 Å². The number of hydrogen-bond donors (Lipinski definition) is 2. The number of esters is 2. The second-order valence-electron chi connectivity index (χ2n) is 4.58. The van der Waals surface area contributed by atoms with Gasteiger partial charge < -0.3 is 19.9 Å². The summed E-state index contributed by atoms with van der Waals surface area (Å²) in [6.07, 6.45) is 0.0626. The van der Waals surface area contributed by atoms with Crippen LogP contribution in [0.2, 0.25) is 0 Å². The molecule has 0 heterocycles. The maximum atomic E-state index is 11.8. The number of benzene rings is 1. The zero-order chi connectivity index (χ0) is 17.4. The molecule has 1 rings (SSSR count). The van der Waals surface area contributed by atoms with Crippen LogP contribution in [0.15, 0.2) is 18.2 Å². The van der Waals surface area contributed by atoms with Crippen molar-refractivity contribution in [2.45, 2.75) is 19.3 Å². The molecule has 23 heavy (non-hydrogen) atoms. The topological polar surface area (TPSA) is 119 Å². The molecule has 0 aliphatic rings. The fraction of sp³-hybridized carbons (Fsp3) is 0.333. The van der Waals surface area contributed by atoms with E-state index in [9.17, 15) is 19.2 Å². The van der Waals surface area contributed by atoms with Gasteiger partial charge in [0.15, 0.2) is 0 Å². The highest BCUT2D eigenvalue weighted by Gasteiger charge is 2.15. The number of methoxy groups -OCH3 is 2. The van der Waals surface area contributed by atoms with Crippen LogP contribution in [0.25, 0.3) is 0 Å². The Labute approximate surface area is 132 Å². The van der Waals surface area contributed by atoms with E-state index in [0.717, 1.165) is 0 Å². The Morgan fingerprint density at radius 2 is 1.48 bits per heavy atom. The quantitative estimate of drug-likeness (QED) is 0.729. The minimum absolute atomic E-state index is 0.00229. The van der Waals surface area contributed by atoms with Crippen LogP contribution in [0.5, 0.6) is 0 Å². The van der Waals surface area contributed by atoms with Gasteiger partial charge in [0, 0.05) is 18.5 Å². The third-order valence-corrected chi connectivity index (χ3v) is 2.85. The SMILES string of the molecule is COC(=O)c1cc(NC(=O)CCCC(=O)O)cc(C(=O)OC)c1. The summed E-state index contributed by atoms with van der Waals surface area (Å²) in [7, 11) is 2.38. The Hall–Kier alpha value is -2.90. The fourth-order valence-corrected chi connectivity index (χ4v) is 1.79. The number of carboxylic acids is 1. The molecule has 0 atom stereocenters. The Bertz CT molecular complexity index is 590. The van der Waals surface area contributed by atoms with Gasteiger partial charge >= 0.3 is 17.9 Å². The van der Waals surface area contributed by atoms with Gasteiger partial charge in [-0.05, 0) is 24.6 Å². The Kier molecular flexibility index (Phi) is 6.72. The average molecular weight is 323 g/mol. The molecular weight excluding hydrogens is 306 g/mol. The maximum Gasteiger partial charge on any atom is 0.337 e. The molecule has 0 unspecified atom stereocenters. The van der Waals surface area contributed by atoms with Gasteiger partial charge in [-0.15, -0.1) is 0 Å². The van der Waals surface area contributed by atoms with E-state index in [1.807, 2.05) is 0 Å². The summed E-state index contributed by atoms with van der Waals surface area (Å²) in [5.41, 5.74) is 0.376. The summed E-state index contributed by atoms with van der Waals surface area (Å²) >= 11 is 0. The molecule has 1 aromatic carbocycles. The van der Waals surface area contributed by atoms with Crippen LogP contribution in [-0.2, 0) is 19.1 Å². The number of carbonyl (C=O) groups excluding carboxylic acids is 3. The summed E-state index contributed by atoms with van der Waals surface area (Å²) in [6, 6.07) is 4.00. The van der Waals surface area contributed by atoms with Crippen molar-refractivity contribution in [3.05, 3.63) is 29.3 Å². The van der Waals surface area contributed by atoms with E-state index in [1.165, 1.54) is 32.4 Å². The molecule has 8 heteroatoms. The van der Waals surface area contributed by atoms with Crippen molar-refractivity contribution in [1.82, 2.24) is 0 Å². The molecule has 2 N–H and O–H groups in total. The molecule has 0 fully saturated rings. The van der Waals surface area contributed by atoms with Crippen molar-refractivity contribution in [1.29, 1.82) is 0 Å². The van der Waals surface area contributed by atoms with Gasteiger partial charge in [-0.25, -0.2) is 9.59 Å². The smallest absolute Gasteiger partial charge is 0.337 e. The number of amides is 1. The lowest BCUT2D eigenvalue weighted by molar-refractivity contribution is -0.137. The maximum absolute atomic E-state index is 11.8. The molecule has 0 bridgehead atoms. The lowest BCUT2D eigenvalue weighted by atomic mass is 10.1. The van der Waals surface area contributed by atoms with Crippen molar-refractivity contribution in [3.63, 3.8) is 0 Å². The molecule has 0 saturated heterocycles. The summed E-state index contributed by atoms with van der Waals surface area (Å²) in [4.78, 5) is 45.4. The van der Waals surface area contributed by atoms with E-state index in [-0.39, 0.29) is 36.1 Å². The normalized spacial score (nSPS) is 9.83. The predicted molar refractivity (Wildman–Crippen MR) is 79.2 cm³/mol. The van der Waals surface area contributed by atoms with Crippen LogP contribution in [0.1, 0.15) is 40.0 Å². The predicted octanol–water partition coefficient (Wildman–Crippen LogP) is 1.45. The number of carboxylic acid groups (broad SMARTS) is 1. The number of rotatable bonds is 7. The lowest BCUT2D eigenvalue weighted by Crippen LogP contribution is -2.14. The van der Waals surface area contributed by atoms with Crippen molar-refractivity contribution in [3.8, 4) is 0 Å². The minimum atomic E-state index is -0.988. The zero-order valence-corrected chi connectivity index (χ0v) is 12.8. The first-order valence-corrected chi connectivity index (χ1v) is 6.70. The van der Waals surface area contributed by atoms with Gasteiger partial charge in [0.2, 0.25) is 5.91 Å². The van der Waals surface area contributed by atoms with Gasteiger partial charge in [0.05, 0.1) is 25.3 Å². The summed E-state index contributed by atoms with van der Waals surface area (Å²) < 4.78 is 9.17. The van der Waals surface area contributed by atoms with Gasteiger partial charge in [0.25, 0.3) is 0 Å². The first-order chi connectivity index (χ1) is 10.9. The number of carbonyl (C=O) groups is 4. The zero-order valence-electron chi connectivity index (χ0n) is 12.8. The summed E-state index contributed by atoms with van der Waals surface area (Å²) in [5.74, 6) is -2.75. The number of nitrogens with one attached hydrogen (secondary N) is 1. The van der Waals surface area contributed by atoms with E-state index < -0.39 is 23.8 Å². The fourth-order valence-electron chi connectivity index (χ4n) is 1.79. The summed E-state index contributed by atoms with van der Waals surface area (Å²) in [5, 5.41) is 11.0. The molecular formula is C15H17NO7. The third kappa shape index (κ3) is 5.77. The van der Waals surface area contributed by atoms with Crippen LogP contribution in [0, 0.1) is 0 Å². The number of ether oxygens (including phenoxy) is 2. The molecule has 0 aliphatic heterocycles. The number of anilines is 1. The van der Waals surface area contributed by atoms with Gasteiger partial charge in [-0.1, -0.05) is 0 Å². The third-order valence-electron chi connectivity index (χ3n) is 2.85. The largest absolute Gasteiger partial charge is 0.481 e. The average Bonchev–Trinajstić information content (AvgIpc) is 2.52. The second-order valence-corrected chi connectivity index (χ2v) is 4.58. The van der Waals surface area contributed by atoms with Gasteiger partial charge in [-0.2, -0.15) is 0 Å². The number of aliphatic carboxylic acids is 1. The van der Waals surface area contributed by atoms with E-state index >= 15 is 0 Å². The molecule has 0 aliphatic carbocycles. The van der Waals surface area contributed by atoms with Crippen LogP contribution < -0.4 is 5.32 Å². The highest BCUT2D eigenvalue weighted by molar-refractivity contribution is 5.99. The van der Waals surface area contributed by atoms with Crippen LogP contribution in [-0.4, -0.2) is 43.1 Å². The minimum Gasteiger partial charge on any atom is -0.481 e. The van der Waals surface area contributed by atoms with Crippen molar-refractivity contribution in [2.75, 3.05) is 19.5 Å². The molecule has 8 nitrogen and oxygen atoms in total. The van der Waals surface area contributed by atoms with E-state index in [4.69, 9.17) is 5.11 Å². The molecule has 0 spiro atoms. The molecule has 1 amide bonds.